The van der Waals surface area contributed by atoms with Crippen LogP contribution in [0.2, 0.25) is 0 Å². The number of hydrogen-bond acceptors (Lipinski definition) is 5. The quantitative estimate of drug-likeness (QED) is 0.170. The van der Waals surface area contributed by atoms with Crippen LogP contribution >= 0.6 is 0 Å². The van der Waals surface area contributed by atoms with E-state index in [0.29, 0.717) is 11.3 Å². The molecule has 6 nitrogen and oxygen atoms in total. The number of esters is 1. The van der Waals surface area contributed by atoms with Gasteiger partial charge in [-0.05, 0) is 41.5 Å². The predicted octanol–water partition coefficient (Wildman–Crippen LogP) is 6.25. The van der Waals surface area contributed by atoms with Crippen LogP contribution in [0.3, 0.4) is 0 Å². The zero-order chi connectivity index (χ0) is 28.8. The molecular formula is C34H30N2O4S. The van der Waals surface area contributed by atoms with E-state index in [2.05, 4.69) is 4.72 Å². The van der Waals surface area contributed by atoms with Crippen molar-refractivity contribution in [2.45, 2.75) is 23.9 Å². The van der Waals surface area contributed by atoms with Gasteiger partial charge in [-0.3, -0.25) is 4.99 Å². The van der Waals surface area contributed by atoms with Gasteiger partial charge in [0.05, 0.1) is 23.8 Å². The van der Waals surface area contributed by atoms with Crippen LogP contribution < -0.4 is 4.72 Å². The van der Waals surface area contributed by atoms with E-state index < -0.39 is 28.1 Å². The van der Waals surface area contributed by atoms with Crippen LogP contribution in [0, 0.1) is 6.92 Å². The zero-order valence-electron chi connectivity index (χ0n) is 22.8. The third kappa shape index (κ3) is 6.43. The fourth-order valence-electron chi connectivity index (χ4n) is 4.70. The number of sulfonamides is 1. The smallest absolute Gasteiger partial charge is 0.332 e. The van der Waals surface area contributed by atoms with Gasteiger partial charge in [-0.2, -0.15) is 0 Å². The second kappa shape index (κ2) is 12.3. The average Bonchev–Trinajstić information content (AvgIpc) is 3.01. The van der Waals surface area contributed by atoms with Gasteiger partial charge in [0.25, 0.3) is 0 Å². The topological polar surface area (TPSA) is 84.8 Å². The molecule has 0 radical (unpaired) electrons. The average molecular weight is 563 g/mol. The van der Waals surface area contributed by atoms with Gasteiger partial charge in [-0.25, -0.2) is 17.9 Å². The first-order chi connectivity index (χ1) is 19.9. The summed E-state index contributed by atoms with van der Waals surface area (Å²) in [5, 5.41) is 1.90. The number of nitrogens with zero attached hydrogens (tertiary/aromatic N) is 1. The van der Waals surface area contributed by atoms with Gasteiger partial charge in [0.1, 0.15) is 0 Å². The normalized spacial score (nSPS) is 12.8. The fourth-order valence-corrected chi connectivity index (χ4v) is 5.93. The molecule has 5 rings (SSSR count). The van der Waals surface area contributed by atoms with Crippen molar-refractivity contribution in [2.24, 2.45) is 4.99 Å². The van der Waals surface area contributed by atoms with Crippen LogP contribution in [-0.2, 0) is 19.6 Å². The third-order valence-corrected chi connectivity index (χ3v) is 8.32. The minimum absolute atomic E-state index is 0.0906. The molecule has 0 saturated heterocycles. The highest BCUT2D eigenvalue weighted by molar-refractivity contribution is 7.89. The summed E-state index contributed by atoms with van der Waals surface area (Å²) < 4.78 is 35.5. The Balaban J connectivity index is 1.71. The van der Waals surface area contributed by atoms with Gasteiger partial charge in [0.2, 0.25) is 10.0 Å². The number of nitrogens with one attached hydrogen (secondary N) is 1. The summed E-state index contributed by atoms with van der Waals surface area (Å²) in [5.74, 6) is -0.667. The number of methoxy groups -OCH3 is 1. The van der Waals surface area contributed by atoms with Gasteiger partial charge in [-0.1, -0.05) is 115 Å². The van der Waals surface area contributed by atoms with Crippen LogP contribution in [0.25, 0.3) is 10.8 Å². The van der Waals surface area contributed by atoms with Gasteiger partial charge in [-0.15, -0.1) is 0 Å². The molecule has 0 bridgehead atoms. The molecule has 0 unspecified atom stereocenters. The number of aryl methyl sites for hydroxylation is 1. The van der Waals surface area contributed by atoms with E-state index in [0.717, 1.165) is 27.5 Å². The summed E-state index contributed by atoms with van der Waals surface area (Å²) in [4.78, 5) is 18.5. The molecule has 0 heterocycles. The van der Waals surface area contributed by atoms with Gasteiger partial charge >= 0.3 is 5.97 Å². The maximum absolute atomic E-state index is 13.7. The molecule has 0 aliphatic carbocycles. The summed E-state index contributed by atoms with van der Waals surface area (Å²) in [6.07, 6.45) is 0. The first-order valence-electron chi connectivity index (χ1n) is 13.2. The van der Waals surface area contributed by atoms with Gasteiger partial charge in [0.15, 0.2) is 6.04 Å². The highest BCUT2D eigenvalue weighted by Gasteiger charge is 2.35. The van der Waals surface area contributed by atoms with E-state index in [4.69, 9.17) is 9.73 Å². The molecule has 0 aliphatic heterocycles. The van der Waals surface area contributed by atoms with Crippen LogP contribution in [-0.4, -0.2) is 33.3 Å². The largest absolute Gasteiger partial charge is 0.467 e. The summed E-state index contributed by atoms with van der Waals surface area (Å²) in [6, 6.07) is 36.6. The van der Waals surface area contributed by atoms with E-state index in [1.54, 1.807) is 24.3 Å². The molecule has 2 atom stereocenters. The summed E-state index contributed by atoms with van der Waals surface area (Å²) >= 11 is 0. The van der Waals surface area contributed by atoms with Crippen molar-refractivity contribution in [3.63, 3.8) is 0 Å². The molecule has 7 heteroatoms. The van der Waals surface area contributed by atoms with E-state index in [1.165, 1.54) is 7.11 Å². The first kappa shape index (κ1) is 28.0. The van der Waals surface area contributed by atoms with Crippen molar-refractivity contribution in [3.05, 3.63) is 150 Å². The summed E-state index contributed by atoms with van der Waals surface area (Å²) in [7, 11) is -2.78. The Morgan fingerprint density at radius 1 is 0.732 bits per heavy atom. The Kier molecular flexibility index (Phi) is 8.38. The molecule has 0 saturated carbocycles. The van der Waals surface area contributed by atoms with Crippen molar-refractivity contribution < 1.29 is 17.9 Å². The molecule has 5 aromatic rings. The maximum Gasteiger partial charge on any atom is 0.332 e. The number of aliphatic imine (C=N–C) groups is 1. The number of carbonyl (C=O) groups is 1. The third-order valence-electron chi connectivity index (χ3n) is 6.87. The highest BCUT2D eigenvalue weighted by atomic mass is 32.2. The number of benzene rings is 5. The fraction of sp³-hybridized carbons (Fsp3) is 0.118. The van der Waals surface area contributed by atoms with Crippen molar-refractivity contribution in [2.75, 3.05) is 7.11 Å². The molecule has 5 aromatic carbocycles. The van der Waals surface area contributed by atoms with E-state index >= 15 is 0 Å². The lowest BCUT2D eigenvalue weighted by Gasteiger charge is -2.25. The Morgan fingerprint density at radius 2 is 1.29 bits per heavy atom. The molecule has 41 heavy (non-hydrogen) atoms. The Hall–Kier alpha value is -4.59. The van der Waals surface area contributed by atoms with Crippen LogP contribution in [0.15, 0.2) is 137 Å². The van der Waals surface area contributed by atoms with Crippen molar-refractivity contribution >= 4 is 32.5 Å². The second-order valence-electron chi connectivity index (χ2n) is 9.70. The predicted molar refractivity (Wildman–Crippen MR) is 163 cm³/mol. The number of rotatable bonds is 9. The molecule has 0 fully saturated rings. The van der Waals surface area contributed by atoms with Crippen molar-refractivity contribution in [1.82, 2.24) is 4.72 Å². The molecule has 0 amide bonds. The molecule has 206 valence electrons. The molecule has 0 spiro atoms. The van der Waals surface area contributed by atoms with Crippen molar-refractivity contribution in [3.8, 4) is 0 Å². The minimum atomic E-state index is -4.06. The molecule has 1 N–H and O–H groups in total. The maximum atomic E-state index is 13.7. The lowest BCUT2D eigenvalue weighted by Crippen LogP contribution is -2.40. The first-order valence-corrected chi connectivity index (χ1v) is 14.7. The molecule has 0 aromatic heterocycles. The van der Waals surface area contributed by atoms with Crippen LogP contribution in [0.1, 0.15) is 28.3 Å². The zero-order valence-corrected chi connectivity index (χ0v) is 23.6. The van der Waals surface area contributed by atoms with E-state index in [9.17, 15) is 13.2 Å². The lowest BCUT2D eigenvalue weighted by atomic mass is 9.96. The van der Waals surface area contributed by atoms with Crippen molar-refractivity contribution in [1.29, 1.82) is 0 Å². The van der Waals surface area contributed by atoms with Crippen LogP contribution in [0.5, 0.6) is 0 Å². The number of fused-ring (bicyclic) bond motifs is 1. The molecule has 0 aliphatic rings. The minimum Gasteiger partial charge on any atom is -0.467 e. The van der Waals surface area contributed by atoms with E-state index in [-0.39, 0.29) is 4.90 Å². The molecular weight excluding hydrogens is 532 g/mol. The number of hydrogen-bond donors (Lipinski definition) is 1. The van der Waals surface area contributed by atoms with Gasteiger partial charge < -0.3 is 4.74 Å². The standard InChI is InChI=1S/C34H30N2O4S/c1-24-17-21-30(22-18-24)41(38,39)36-32(29-20-19-25-11-9-10-16-28(25)23-29)33(34(37)40-2)35-31(26-12-5-3-6-13-26)27-14-7-4-8-15-27/h3-23,32-33,36H,1-2H3/t32-,33-/m1/s1. The Morgan fingerprint density at radius 3 is 1.88 bits per heavy atom. The lowest BCUT2D eigenvalue weighted by molar-refractivity contribution is -0.142. The Labute approximate surface area is 240 Å². The second-order valence-corrected chi connectivity index (χ2v) is 11.4. The number of ether oxygens (including phenoxy) is 1. The van der Waals surface area contributed by atoms with E-state index in [1.807, 2.05) is 110 Å². The van der Waals surface area contributed by atoms with Gasteiger partial charge in [0, 0.05) is 11.1 Å². The highest BCUT2D eigenvalue weighted by Crippen LogP contribution is 2.28. The van der Waals surface area contributed by atoms with Crippen LogP contribution in [0.4, 0.5) is 0 Å². The number of carbonyl (C=O) groups excluding carboxylic acids is 1. The Bertz CT molecular complexity index is 1740. The summed E-state index contributed by atoms with van der Waals surface area (Å²) in [5.41, 5.74) is 3.63. The monoisotopic (exact) mass is 562 g/mol. The summed E-state index contributed by atoms with van der Waals surface area (Å²) in [6.45, 7) is 1.89. The SMILES string of the molecule is COC(=O)[C@H](N=C(c1ccccc1)c1ccccc1)[C@H](NS(=O)(=O)c1ccc(C)cc1)c1ccc2ccccc2c1.